The van der Waals surface area contributed by atoms with E-state index < -0.39 is 0 Å². The summed E-state index contributed by atoms with van der Waals surface area (Å²) in [7, 11) is 1.49. The third-order valence-corrected chi connectivity index (χ3v) is 3.48. The number of nitrogens with two attached hydrogens (primary N) is 1. The summed E-state index contributed by atoms with van der Waals surface area (Å²) in [6.45, 7) is 1.96. The highest BCUT2D eigenvalue weighted by Gasteiger charge is 2.32. The molecule has 21 heavy (non-hydrogen) atoms. The highest BCUT2D eigenvalue weighted by atomic mass is 16.2. The predicted octanol–water partition coefficient (Wildman–Crippen LogP) is 2.55. The van der Waals surface area contributed by atoms with E-state index in [2.05, 4.69) is 5.32 Å². The Hall–Kier alpha value is -2.82. The van der Waals surface area contributed by atoms with Gasteiger partial charge in [0.15, 0.2) is 0 Å². The van der Waals surface area contributed by atoms with Gasteiger partial charge in [0.2, 0.25) is 0 Å². The van der Waals surface area contributed by atoms with Crippen LogP contribution in [0.25, 0.3) is 0 Å². The Labute approximate surface area is 122 Å². The maximum Gasteiger partial charge on any atom is 0.261 e. The summed E-state index contributed by atoms with van der Waals surface area (Å²) in [4.78, 5) is 24.9. The van der Waals surface area contributed by atoms with Crippen molar-refractivity contribution in [1.82, 2.24) is 4.90 Å². The van der Waals surface area contributed by atoms with Crippen LogP contribution in [0.5, 0.6) is 0 Å². The molecule has 1 aliphatic heterocycles. The van der Waals surface area contributed by atoms with Crippen LogP contribution in [-0.2, 0) is 0 Å². The first kappa shape index (κ1) is 13.2. The molecule has 1 aliphatic rings. The van der Waals surface area contributed by atoms with E-state index in [0.29, 0.717) is 16.8 Å². The Kier molecular flexibility index (Phi) is 2.90. The lowest BCUT2D eigenvalue weighted by molar-refractivity contribution is 0.0693. The second-order valence-corrected chi connectivity index (χ2v) is 5.19. The van der Waals surface area contributed by atoms with Crippen molar-refractivity contribution in [3.05, 3.63) is 53.1 Å². The number of carbonyl (C=O) groups excluding carboxylic acids is 2. The number of anilines is 3. The van der Waals surface area contributed by atoms with Gasteiger partial charge in [-0.25, -0.2) is 0 Å². The molecule has 0 saturated carbocycles. The number of amides is 2. The van der Waals surface area contributed by atoms with Gasteiger partial charge in [-0.15, -0.1) is 0 Å². The number of rotatable bonds is 2. The van der Waals surface area contributed by atoms with Gasteiger partial charge in [0.05, 0.1) is 11.1 Å². The molecule has 0 spiro atoms. The quantitative estimate of drug-likeness (QED) is 0.655. The van der Waals surface area contributed by atoms with Crippen molar-refractivity contribution in [2.45, 2.75) is 6.92 Å². The van der Waals surface area contributed by atoms with Crippen LogP contribution in [-0.4, -0.2) is 23.8 Å². The number of nitrogens with zero attached hydrogens (tertiary/aromatic N) is 1. The fourth-order valence-electron chi connectivity index (χ4n) is 2.49. The van der Waals surface area contributed by atoms with Crippen LogP contribution in [0.4, 0.5) is 17.1 Å². The molecule has 106 valence electrons. The second-order valence-electron chi connectivity index (χ2n) is 5.19. The van der Waals surface area contributed by atoms with Crippen molar-refractivity contribution in [3.63, 3.8) is 0 Å². The average Bonchev–Trinajstić information content (AvgIpc) is 2.63. The van der Waals surface area contributed by atoms with Gasteiger partial charge >= 0.3 is 0 Å². The Morgan fingerprint density at radius 2 is 1.67 bits per heavy atom. The van der Waals surface area contributed by atoms with E-state index in [1.165, 1.54) is 7.05 Å². The molecule has 2 aromatic rings. The van der Waals surface area contributed by atoms with Gasteiger partial charge in [0.25, 0.3) is 11.8 Å². The molecule has 0 radical (unpaired) electrons. The highest BCUT2D eigenvalue weighted by molar-refractivity contribution is 6.21. The Morgan fingerprint density at radius 1 is 0.952 bits per heavy atom. The lowest BCUT2D eigenvalue weighted by Crippen LogP contribution is -2.24. The van der Waals surface area contributed by atoms with Gasteiger partial charge in [0, 0.05) is 24.1 Å². The van der Waals surface area contributed by atoms with E-state index in [9.17, 15) is 9.59 Å². The number of aryl methyl sites for hydroxylation is 1. The molecule has 0 bridgehead atoms. The van der Waals surface area contributed by atoms with Gasteiger partial charge in [-0.3, -0.25) is 14.5 Å². The lowest BCUT2D eigenvalue weighted by Gasteiger charge is -2.09. The summed E-state index contributed by atoms with van der Waals surface area (Å²) in [6.07, 6.45) is 0. The van der Waals surface area contributed by atoms with Crippen molar-refractivity contribution < 1.29 is 9.59 Å². The molecule has 0 saturated heterocycles. The minimum absolute atomic E-state index is 0.263. The van der Waals surface area contributed by atoms with Crippen molar-refractivity contribution >= 4 is 28.9 Å². The van der Waals surface area contributed by atoms with Crippen LogP contribution < -0.4 is 11.1 Å². The summed E-state index contributed by atoms with van der Waals surface area (Å²) in [5.74, 6) is -0.538. The number of nitrogen functional groups attached to an aromatic ring is 1. The molecule has 3 rings (SSSR count). The Bertz CT molecular complexity index is 748. The topological polar surface area (TPSA) is 75.4 Å². The zero-order valence-corrected chi connectivity index (χ0v) is 11.8. The maximum atomic E-state index is 12.0. The normalized spacial score (nSPS) is 13.5. The van der Waals surface area contributed by atoms with Crippen molar-refractivity contribution in [2.24, 2.45) is 0 Å². The molecule has 5 heteroatoms. The van der Waals surface area contributed by atoms with E-state index in [-0.39, 0.29) is 11.8 Å². The monoisotopic (exact) mass is 281 g/mol. The number of imide groups is 1. The Morgan fingerprint density at radius 3 is 2.38 bits per heavy atom. The summed E-state index contributed by atoms with van der Waals surface area (Å²) >= 11 is 0. The number of benzene rings is 2. The summed E-state index contributed by atoms with van der Waals surface area (Å²) in [6, 6.07) is 10.8. The van der Waals surface area contributed by atoms with Crippen LogP contribution in [0, 0.1) is 6.92 Å². The molecule has 0 unspecified atom stereocenters. The molecule has 0 aromatic heterocycles. The number of fused-ring (bicyclic) bond motifs is 1. The van der Waals surface area contributed by atoms with Gasteiger partial charge in [-0.1, -0.05) is 0 Å². The van der Waals surface area contributed by atoms with Gasteiger partial charge in [0.1, 0.15) is 0 Å². The van der Waals surface area contributed by atoms with Crippen LogP contribution in [0.3, 0.4) is 0 Å². The standard InChI is InChI=1S/C16H15N3O2/c1-9-5-10(17)7-12(6-9)18-11-3-4-13-14(8-11)16(21)19(2)15(13)20/h3-8,18H,17H2,1-2H3. The first-order valence-electron chi connectivity index (χ1n) is 6.56. The molecule has 2 aromatic carbocycles. The van der Waals surface area contributed by atoms with E-state index in [1.807, 2.05) is 25.1 Å². The van der Waals surface area contributed by atoms with Crippen LogP contribution in [0.2, 0.25) is 0 Å². The molecule has 0 aliphatic carbocycles. The number of nitrogens with one attached hydrogen (secondary N) is 1. The predicted molar refractivity (Wildman–Crippen MR) is 81.7 cm³/mol. The lowest BCUT2D eigenvalue weighted by atomic mass is 10.1. The molecule has 3 N–H and O–H groups in total. The summed E-state index contributed by atoms with van der Waals surface area (Å²) < 4.78 is 0. The van der Waals surface area contributed by atoms with Crippen LogP contribution >= 0.6 is 0 Å². The van der Waals surface area contributed by atoms with Gasteiger partial charge < -0.3 is 11.1 Å². The zero-order chi connectivity index (χ0) is 15.1. The fourth-order valence-corrected chi connectivity index (χ4v) is 2.49. The maximum absolute atomic E-state index is 12.0. The van der Waals surface area contributed by atoms with E-state index in [1.54, 1.807) is 18.2 Å². The van der Waals surface area contributed by atoms with E-state index >= 15 is 0 Å². The van der Waals surface area contributed by atoms with Crippen LogP contribution in [0.1, 0.15) is 26.3 Å². The third kappa shape index (κ3) is 2.23. The molecule has 0 fully saturated rings. The van der Waals surface area contributed by atoms with Crippen molar-refractivity contribution in [1.29, 1.82) is 0 Å². The van der Waals surface area contributed by atoms with Gasteiger partial charge in [-0.05, 0) is 48.9 Å². The van der Waals surface area contributed by atoms with Crippen molar-refractivity contribution in [2.75, 3.05) is 18.1 Å². The first-order chi connectivity index (χ1) is 9.95. The molecule has 2 amide bonds. The van der Waals surface area contributed by atoms with Crippen LogP contribution in [0.15, 0.2) is 36.4 Å². The molecule has 5 nitrogen and oxygen atoms in total. The largest absolute Gasteiger partial charge is 0.399 e. The smallest absolute Gasteiger partial charge is 0.261 e. The molecule has 1 heterocycles. The number of hydrogen-bond donors (Lipinski definition) is 2. The second kappa shape index (κ2) is 4.63. The summed E-state index contributed by atoms with van der Waals surface area (Å²) in [5.41, 5.74) is 9.99. The van der Waals surface area contributed by atoms with Gasteiger partial charge in [-0.2, -0.15) is 0 Å². The molecule has 0 atom stereocenters. The minimum atomic E-state index is -0.276. The molecular weight excluding hydrogens is 266 g/mol. The first-order valence-corrected chi connectivity index (χ1v) is 6.56. The third-order valence-electron chi connectivity index (χ3n) is 3.48. The summed E-state index contributed by atoms with van der Waals surface area (Å²) in [5, 5.41) is 3.20. The minimum Gasteiger partial charge on any atom is -0.399 e. The number of hydrogen-bond acceptors (Lipinski definition) is 4. The zero-order valence-electron chi connectivity index (χ0n) is 11.8. The Balaban J connectivity index is 1.95. The fraction of sp³-hybridized carbons (Fsp3) is 0.125. The highest BCUT2D eigenvalue weighted by Crippen LogP contribution is 2.27. The van der Waals surface area contributed by atoms with E-state index in [0.717, 1.165) is 21.8 Å². The average molecular weight is 281 g/mol. The van der Waals surface area contributed by atoms with E-state index in [4.69, 9.17) is 5.73 Å². The van der Waals surface area contributed by atoms with Crippen molar-refractivity contribution in [3.8, 4) is 0 Å². The SMILES string of the molecule is Cc1cc(N)cc(Nc2ccc3c(c2)C(=O)N(C)C3=O)c1. The number of carbonyl (C=O) groups is 2. The molecular formula is C16H15N3O2.